The van der Waals surface area contributed by atoms with Crippen LogP contribution in [0, 0.1) is 0 Å². The molecular formula is C14H17F3N4. The second kappa shape index (κ2) is 6.92. The second-order valence-corrected chi connectivity index (χ2v) is 4.18. The smallest absolute Gasteiger partial charge is 0.404 e. The molecule has 0 aromatic heterocycles. The van der Waals surface area contributed by atoms with Crippen molar-refractivity contribution >= 4 is 11.4 Å². The molecule has 1 aliphatic carbocycles. The van der Waals surface area contributed by atoms with Crippen LogP contribution in [-0.2, 0) is 0 Å². The van der Waals surface area contributed by atoms with Gasteiger partial charge in [-0.2, -0.15) is 13.2 Å². The summed E-state index contributed by atoms with van der Waals surface area (Å²) in [4.78, 5) is 7.68. The lowest BCUT2D eigenvalue weighted by atomic mass is 9.96. The lowest BCUT2D eigenvalue weighted by Crippen LogP contribution is -2.26. The van der Waals surface area contributed by atoms with Gasteiger partial charge in [0.2, 0.25) is 0 Å². The van der Waals surface area contributed by atoms with Crippen molar-refractivity contribution in [1.82, 2.24) is 0 Å². The minimum absolute atomic E-state index is 0.133. The molecule has 0 bridgehead atoms. The standard InChI is InChI=1S/C14H17F3N4/c1-3-9(7-18)13(14(15,16)17)21-11-6-4-5-10(8-19)12(11)20-2/h3,6-8H,1,4-5,18-19H2,2H3. The molecule has 0 atom stereocenters. The normalized spacial score (nSPS) is 21.6. The van der Waals surface area contributed by atoms with Crippen molar-refractivity contribution in [3.8, 4) is 0 Å². The molecular weight excluding hydrogens is 281 g/mol. The molecule has 0 aromatic carbocycles. The van der Waals surface area contributed by atoms with E-state index in [0.717, 1.165) is 12.3 Å². The van der Waals surface area contributed by atoms with Crippen LogP contribution < -0.4 is 11.5 Å². The summed E-state index contributed by atoms with van der Waals surface area (Å²) in [6, 6.07) is 0. The molecule has 0 saturated heterocycles. The van der Waals surface area contributed by atoms with Crippen molar-refractivity contribution in [2.75, 3.05) is 7.05 Å². The Labute approximate surface area is 121 Å². The zero-order chi connectivity index (χ0) is 16.0. The Bertz CT molecular complexity index is 563. The number of nitrogens with zero attached hydrogens (tertiary/aromatic N) is 2. The molecule has 21 heavy (non-hydrogen) atoms. The fourth-order valence-corrected chi connectivity index (χ4v) is 1.92. The highest BCUT2D eigenvalue weighted by atomic mass is 19.4. The summed E-state index contributed by atoms with van der Waals surface area (Å²) in [5, 5.41) is 0. The molecule has 0 amide bonds. The van der Waals surface area contributed by atoms with E-state index in [4.69, 9.17) is 11.5 Å². The predicted molar refractivity (Wildman–Crippen MR) is 78.9 cm³/mol. The van der Waals surface area contributed by atoms with Gasteiger partial charge in [0.15, 0.2) is 5.71 Å². The van der Waals surface area contributed by atoms with Gasteiger partial charge in [-0.05, 0) is 24.6 Å². The number of halogens is 3. The fourth-order valence-electron chi connectivity index (χ4n) is 1.92. The van der Waals surface area contributed by atoms with Gasteiger partial charge in [-0.3, -0.25) is 4.99 Å². The first-order valence-electron chi connectivity index (χ1n) is 6.18. The molecule has 0 unspecified atom stereocenters. The lowest BCUT2D eigenvalue weighted by Gasteiger charge is -2.18. The Morgan fingerprint density at radius 3 is 2.48 bits per heavy atom. The van der Waals surface area contributed by atoms with Crippen molar-refractivity contribution in [3.63, 3.8) is 0 Å². The van der Waals surface area contributed by atoms with Gasteiger partial charge in [0.1, 0.15) is 0 Å². The molecule has 0 spiro atoms. The van der Waals surface area contributed by atoms with Gasteiger partial charge in [-0.1, -0.05) is 18.7 Å². The molecule has 0 aliphatic heterocycles. The summed E-state index contributed by atoms with van der Waals surface area (Å²) < 4.78 is 39.4. The summed E-state index contributed by atoms with van der Waals surface area (Å²) in [5.74, 6) is 0. The van der Waals surface area contributed by atoms with E-state index in [2.05, 4.69) is 16.6 Å². The maximum absolute atomic E-state index is 13.1. The molecule has 7 heteroatoms. The Morgan fingerprint density at radius 1 is 1.38 bits per heavy atom. The molecule has 0 fully saturated rings. The van der Waals surface area contributed by atoms with Crippen LogP contribution in [0.25, 0.3) is 0 Å². The molecule has 0 aromatic rings. The average Bonchev–Trinajstić information content (AvgIpc) is 2.45. The number of aliphatic imine (C=N–C) groups is 2. The molecule has 1 aliphatic rings. The number of hydrogen-bond donors (Lipinski definition) is 2. The first-order chi connectivity index (χ1) is 9.88. The minimum Gasteiger partial charge on any atom is -0.404 e. The van der Waals surface area contributed by atoms with E-state index < -0.39 is 11.9 Å². The molecule has 4 N–H and O–H groups in total. The largest absolute Gasteiger partial charge is 0.434 e. The number of alkyl halides is 3. The van der Waals surface area contributed by atoms with E-state index >= 15 is 0 Å². The molecule has 0 saturated carbocycles. The first-order valence-corrected chi connectivity index (χ1v) is 6.18. The van der Waals surface area contributed by atoms with Crippen LogP contribution in [0.1, 0.15) is 12.8 Å². The van der Waals surface area contributed by atoms with Crippen molar-refractivity contribution in [1.29, 1.82) is 0 Å². The molecule has 114 valence electrons. The fraction of sp³-hybridized carbons (Fsp3) is 0.286. The second-order valence-electron chi connectivity index (χ2n) is 4.18. The monoisotopic (exact) mass is 298 g/mol. The predicted octanol–water partition coefficient (Wildman–Crippen LogP) is 2.61. The molecule has 4 nitrogen and oxygen atoms in total. The maximum Gasteiger partial charge on any atom is 0.434 e. The molecule has 0 radical (unpaired) electrons. The third-order valence-electron chi connectivity index (χ3n) is 2.90. The van der Waals surface area contributed by atoms with Gasteiger partial charge in [0.05, 0.1) is 11.4 Å². The van der Waals surface area contributed by atoms with Crippen molar-refractivity contribution < 1.29 is 13.2 Å². The van der Waals surface area contributed by atoms with E-state index in [9.17, 15) is 13.2 Å². The summed E-state index contributed by atoms with van der Waals surface area (Å²) in [7, 11) is 1.48. The quantitative estimate of drug-likeness (QED) is 0.620. The summed E-state index contributed by atoms with van der Waals surface area (Å²) in [6.07, 6.45) is 1.28. The third-order valence-corrected chi connectivity index (χ3v) is 2.90. The van der Waals surface area contributed by atoms with Crippen LogP contribution in [0.3, 0.4) is 0 Å². The van der Waals surface area contributed by atoms with E-state index in [1.807, 2.05) is 0 Å². The summed E-state index contributed by atoms with van der Waals surface area (Å²) in [6.45, 7) is 3.32. The zero-order valence-electron chi connectivity index (χ0n) is 11.6. The van der Waals surface area contributed by atoms with Gasteiger partial charge < -0.3 is 11.5 Å². The number of nitrogens with two attached hydrogens (primary N) is 2. The Balaban J connectivity index is 3.41. The highest BCUT2D eigenvalue weighted by Crippen LogP contribution is 2.27. The SMILES string of the molecule is C=CC(=CN)C(=NC1=CCCC(=CN)C1=NC)C(F)(F)F. The Morgan fingerprint density at radius 2 is 2.05 bits per heavy atom. The van der Waals surface area contributed by atoms with Crippen LogP contribution in [0.15, 0.2) is 58.0 Å². The number of allylic oxidation sites excluding steroid dienone is 4. The van der Waals surface area contributed by atoms with Crippen LogP contribution in [0.2, 0.25) is 0 Å². The summed E-state index contributed by atoms with van der Waals surface area (Å²) >= 11 is 0. The van der Waals surface area contributed by atoms with Crippen LogP contribution in [0.4, 0.5) is 13.2 Å². The molecule has 0 heterocycles. The van der Waals surface area contributed by atoms with Gasteiger partial charge in [-0.15, -0.1) is 0 Å². The van der Waals surface area contributed by atoms with Gasteiger partial charge in [0.25, 0.3) is 0 Å². The van der Waals surface area contributed by atoms with Gasteiger partial charge in [0, 0.05) is 18.8 Å². The van der Waals surface area contributed by atoms with E-state index in [-0.39, 0.29) is 11.3 Å². The van der Waals surface area contributed by atoms with Crippen molar-refractivity contribution in [3.05, 3.63) is 48.0 Å². The van der Waals surface area contributed by atoms with Crippen molar-refractivity contribution in [2.45, 2.75) is 19.0 Å². The number of hydrogen-bond acceptors (Lipinski definition) is 4. The van der Waals surface area contributed by atoms with E-state index in [1.54, 1.807) is 6.08 Å². The average molecular weight is 298 g/mol. The number of rotatable bonds is 3. The van der Waals surface area contributed by atoms with Crippen LogP contribution in [-0.4, -0.2) is 24.6 Å². The highest BCUT2D eigenvalue weighted by Gasteiger charge is 2.38. The lowest BCUT2D eigenvalue weighted by molar-refractivity contribution is -0.0581. The zero-order valence-corrected chi connectivity index (χ0v) is 11.6. The topological polar surface area (TPSA) is 76.8 Å². The van der Waals surface area contributed by atoms with E-state index in [0.29, 0.717) is 24.1 Å². The van der Waals surface area contributed by atoms with Gasteiger partial charge in [-0.25, -0.2) is 4.99 Å². The first kappa shape index (κ1) is 16.7. The van der Waals surface area contributed by atoms with Gasteiger partial charge >= 0.3 is 6.18 Å². The highest BCUT2D eigenvalue weighted by molar-refractivity contribution is 6.16. The van der Waals surface area contributed by atoms with Crippen molar-refractivity contribution in [2.24, 2.45) is 21.5 Å². The Kier molecular flexibility index (Phi) is 5.52. The molecule has 1 rings (SSSR count). The van der Waals surface area contributed by atoms with Crippen LogP contribution in [0.5, 0.6) is 0 Å². The van der Waals surface area contributed by atoms with Crippen LogP contribution >= 0.6 is 0 Å². The maximum atomic E-state index is 13.1. The summed E-state index contributed by atoms with van der Waals surface area (Å²) in [5.41, 5.74) is 10.4. The minimum atomic E-state index is -4.65. The Hall–Kier alpha value is -2.31. The third kappa shape index (κ3) is 3.84. The van der Waals surface area contributed by atoms with E-state index in [1.165, 1.54) is 13.2 Å².